The number of piperidine rings is 1. The van der Waals surface area contributed by atoms with E-state index in [2.05, 4.69) is 5.32 Å². The second kappa shape index (κ2) is 7.18. The van der Waals surface area contributed by atoms with E-state index < -0.39 is 5.54 Å². The number of nitrogens with one attached hydrogen (secondary N) is 1. The summed E-state index contributed by atoms with van der Waals surface area (Å²) in [6.07, 6.45) is 8.78. The number of halogens is 1. The lowest BCUT2D eigenvalue weighted by Gasteiger charge is -2.40. The standard InChI is InChI=1S/C16H27N3O2.ClH/c17-16(8-2-1-3-9-16)15(21)19-10-6-13(7-11-19)18-14(20)12-4-5-12;/h12-13H,1-11,17H2,(H,18,20);1H. The number of hydrogen-bond acceptors (Lipinski definition) is 3. The number of carbonyl (C=O) groups excluding carboxylic acids is 2. The van der Waals surface area contributed by atoms with Crippen LogP contribution in [0, 0.1) is 5.92 Å². The summed E-state index contributed by atoms with van der Waals surface area (Å²) < 4.78 is 0. The molecule has 22 heavy (non-hydrogen) atoms. The highest BCUT2D eigenvalue weighted by Crippen LogP contribution is 2.30. The normalized spacial score (nSPS) is 25.2. The lowest BCUT2D eigenvalue weighted by atomic mass is 9.81. The molecule has 0 aromatic rings. The number of nitrogens with zero attached hydrogens (tertiary/aromatic N) is 1. The van der Waals surface area contributed by atoms with Crippen LogP contribution in [0.3, 0.4) is 0 Å². The van der Waals surface area contributed by atoms with E-state index in [0.29, 0.717) is 0 Å². The van der Waals surface area contributed by atoms with Crippen molar-refractivity contribution in [1.82, 2.24) is 10.2 Å². The zero-order valence-electron chi connectivity index (χ0n) is 13.2. The molecule has 0 atom stereocenters. The first-order valence-corrected chi connectivity index (χ1v) is 8.47. The van der Waals surface area contributed by atoms with Gasteiger partial charge in [-0.3, -0.25) is 9.59 Å². The van der Waals surface area contributed by atoms with Crippen LogP contribution in [-0.4, -0.2) is 41.4 Å². The van der Waals surface area contributed by atoms with Gasteiger partial charge in [-0.2, -0.15) is 0 Å². The predicted octanol–water partition coefficient (Wildman–Crippen LogP) is 1.59. The Balaban J connectivity index is 0.00000176. The van der Waals surface area contributed by atoms with Crippen LogP contribution in [0.5, 0.6) is 0 Å². The monoisotopic (exact) mass is 329 g/mol. The number of nitrogens with two attached hydrogens (primary N) is 1. The highest BCUT2D eigenvalue weighted by Gasteiger charge is 2.39. The Labute approximate surface area is 138 Å². The minimum Gasteiger partial charge on any atom is -0.353 e. The molecule has 3 rings (SSSR count). The Morgan fingerprint density at radius 1 is 1.00 bits per heavy atom. The van der Waals surface area contributed by atoms with Crippen LogP contribution < -0.4 is 11.1 Å². The van der Waals surface area contributed by atoms with Gasteiger partial charge in [0.25, 0.3) is 0 Å². The second-order valence-electron chi connectivity index (χ2n) is 7.07. The Bertz CT molecular complexity index is 412. The Morgan fingerprint density at radius 3 is 2.14 bits per heavy atom. The maximum atomic E-state index is 12.6. The van der Waals surface area contributed by atoms with Crippen LogP contribution in [0.2, 0.25) is 0 Å². The summed E-state index contributed by atoms with van der Waals surface area (Å²) in [5.74, 6) is 0.607. The molecular weight excluding hydrogens is 302 g/mol. The minimum atomic E-state index is -0.623. The van der Waals surface area contributed by atoms with E-state index in [1.807, 2.05) is 4.90 Å². The topological polar surface area (TPSA) is 75.4 Å². The summed E-state index contributed by atoms with van der Waals surface area (Å²) in [7, 11) is 0. The van der Waals surface area contributed by atoms with E-state index in [-0.39, 0.29) is 36.2 Å². The molecule has 1 heterocycles. The van der Waals surface area contributed by atoms with Crippen molar-refractivity contribution in [3.05, 3.63) is 0 Å². The van der Waals surface area contributed by atoms with Crippen LogP contribution in [-0.2, 0) is 9.59 Å². The van der Waals surface area contributed by atoms with Gasteiger partial charge in [-0.05, 0) is 38.5 Å². The van der Waals surface area contributed by atoms with Crippen LogP contribution in [0.1, 0.15) is 57.8 Å². The molecule has 2 aliphatic carbocycles. The van der Waals surface area contributed by atoms with Crippen LogP contribution >= 0.6 is 12.4 Å². The van der Waals surface area contributed by atoms with E-state index in [1.54, 1.807) is 0 Å². The Hall–Kier alpha value is -0.810. The largest absolute Gasteiger partial charge is 0.353 e. The van der Waals surface area contributed by atoms with Gasteiger partial charge in [-0.15, -0.1) is 12.4 Å². The van der Waals surface area contributed by atoms with Gasteiger partial charge < -0.3 is 16.0 Å². The number of rotatable bonds is 3. The molecule has 3 fully saturated rings. The number of likely N-dealkylation sites (tertiary alicyclic amines) is 1. The molecule has 0 radical (unpaired) electrons. The van der Waals surface area contributed by atoms with Crippen molar-refractivity contribution < 1.29 is 9.59 Å². The molecule has 0 bridgehead atoms. The summed E-state index contributed by atoms with van der Waals surface area (Å²) in [5.41, 5.74) is 5.71. The molecule has 2 saturated carbocycles. The average Bonchev–Trinajstić information content (AvgIpc) is 3.33. The minimum absolute atomic E-state index is 0. The van der Waals surface area contributed by atoms with Gasteiger partial charge in [0, 0.05) is 25.0 Å². The van der Waals surface area contributed by atoms with Gasteiger partial charge in [0.05, 0.1) is 5.54 Å². The van der Waals surface area contributed by atoms with Gasteiger partial charge in [0.15, 0.2) is 0 Å². The van der Waals surface area contributed by atoms with Crippen molar-refractivity contribution in [2.75, 3.05) is 13.1 Å². The van der Waals surface area contributed by atoms with Gasteiger partial charge in [-0.25, -0.2) is 0 Å². The molecule has 5 nitrogen and oxygen atoms in total. The predicted molar refractivity (Wildman–Crippen MR) is 87.7 cm³/mol. The van der Waals surface area contributed by atoms with Crippen LogP contribution in [0.25, 0.3) is 0 Å². The van der Waals surface area contributed by atoms with Crippen molar-refractivity contribution in [3.8, 4) is 0 Å². The summed E-state index contributed by atoms with van der Waals surface area (Å²) in [5, 5.41) is 3.12. The van der Waals surface area contributed by atoms with Gasteiger partial charge >= 0.3 is 0 Å². The molecule has 2 amide bonds. The highest BCUT2D eigenvalue weighted by atomic mass is 35.5. The molecule has 126 valence electrons. The first-order chi connectivity index (χ1) is 10.1. The zero-order chi connectivity index (χ0) is 14.9. The summed E-state index contributed by atoms with van der Waals surface area (Å²) in [4.78, 5) is 26.3. The van der Waals surface area contributed by atoms with Gasteiger partial charge in [0.1, 0.15) is 0 Å². The quantitative estimate of drug-likeness (QED) is 0.825. The Kier molecular flexibility index (Phi) is 5.72. The Morgan fingerprint density at radius 2 is 1.59 bits per heavy atom. The molecule has 0 spiro atoms. The number of carbonyl (C=O) groups is 2. The van der Waals surface area contributed by atoms with E-state index in [1.165, 1.54) is 6.42 Å². The lowest BCUT2D eigenvalue weighted by molar-refractivity contribution is -0.139. The number of hydrogen-bond donors (Lipinski definition) is 2. The number of amides is 2. The van der Waals surface area contributed by atoms with Crippen LogP contribution in [0.4, 0.5) is 0 Å². The highest BCUT2D eigenvalue weighted by molar-refractivity contribution is 5.86. The molecule has 0 aromatic heterocycles. The van der Waals surface area contributed by atoms with Crippen molar-refractivity contribution in [1.29, 1.82) is 0 Å². The molecule has 6 heteroatoms. The molecule has 0 unspecified atom stereocenters. The third-order valence-corrected chi connectivity index (χ3v) is 5.25. The SMILES string of the molecule is Cl.NC1(C(=O)N2CCC(NC(=O)C3CC3)CC2)CCCCC1. The fourth-order valence-corrected chi connectivity index (χ4v) is 3.60. The van der Waals surface area contributed by atoms with Crippen LogP contribution in [0.15, 0.2) is 0 Å². The molecule has 0 aromatic carbocycles. The van der Waals surface area contributed by atoms with Gasteiger partial charge in [0.2, 0.25) is 11.8 Å². The fraction of sp³-hybridized carbons (Fsp3) is 0.875. The van der Waals surface area contributed by atoms with E-state index in [0.717, 1.165) is 64.5 Å². The van der Waals surface area contributed by atoms with Gasteiger partial charge in [-0.1, -0.05) is 19.3 Å². The van der Waals surface area contributed by atoms with E-state index in [9.17, 15) is 9.59 Å². The molecule has 3 N–H and O–H groups in total. The first-order valence-electron chi connectivity index (χ1n) is 8.47. The summed E-state index contributed by atoms with van der Waals surface area (Å²) in [6.45, 7) is 1.46. The molecular formula is C16H28ClN3O2. The van der Waals surface area contributed by atoms with E-state index in [4.69, 9.17) is 5.73 Å². The summed E-state index contributed by atoms with van der Waals surface area (Å²) >= 11 is 0. The van der Waals surface area contributed by atoms with E-state index >= 15 is 0 Å². The van der Waals surface area contributed by atoms with Crippen molar-refractivity contribution in [2.45, 2.75) is 69.4 Å². The van der Waals surface area contributed by atoms with Crippen molar-refractivity contribution >= 4 is 24.2 Å². The fourth-order valence-electron chi connectivity index (χ4n) is 3.60. The third-order valence-electron chi connectivity index (χ3n) is 5.25. The maximum Gasteiger partial charge on any atom is 0.242 e. The first kappa shape index (κ1) is 17.5. The maximum absolute atomic E-state index is 12.6. The third kappa shape index (κ3) is 3.93. The molecule has 1 saturated heterocycles. The molecule has 3 aliphatic rings. The summed E-state index contributed by atoms with van der Waals surface area (Å²) in [6, 6.07) is 0.238. The van der Waals surface area contributed by atoms with Crippen molar-refractivity contribution in [3.63, 3.8) is 0 Å². The molecule has 1 aliphatic heterocycles. The van der Waals surface area contributed by atoms with Crippen molar-refractivity contribution in [2.24, 2.45) is 11.7 Å². The lowest BCUT2D eigenvalue weighted by Crippen LogP contribution is -2.58. The smallest absolute Gasteiger partial charge is 0.242 e. The second-order valence-corrected chi connectivity index (χ2v) is 7.07. The zero-order valence-corrected chi connectivity index (χ0v) is 14.0. The average molecular weight is 330 g/mol.